The maximum atomic E-state index is 9.60. The summed E-state index contributed by atoms with van der Waals surface area (Å²) in [5.41, 5.74) is 9.39. The summed E-state index contributed by atoms with van der Waals surface area (Å²) in [7, 11) is 0. The van der Waals surface area contributed by atoms with Crippen molar-refractivity contribution >= 4 is 0 Å². The van der Waals surface area contributed by atoms with E-state index in [2.05, 4.69) is 98.8 Å². The minimum Gasteiger partial charge on any atom is -0.208 e. The first-order valence-corrected chi connectivity index (χ1v) is 17.6. The third-order valence-electron chi connectivity index (χ3n) is 10.7. The second-order valence-corrected chi connectivity index (χ2v) is 14.5. The summed E-state index contributed by atoms with van der Waals surface area (Å²) in [5, 5.41) is 9.60. The van der Waals surface area contributed by atoms with Gasteiger partial charge in [-0.15, -0.1) is 0 Å². The van der Waals surface area contributed by atoms with Crippen LogP contribution in [0.25, 0.3) is 56.4 Å². The quantitative estimate of drug-likeness (QED) is 0.182. The molecule has 5 aromatic carbocycles. The summed E-state index contributed by atoms with van der Waals surface area (Å²) in [6.45, 7) is 4.89. The Morgan fingerprint density at radius 3 is 1.71 bits per heavy atom. The first kappa shape index (κ1) is 30.9. The lowest BCUT2D eigenvalue weighted by Crippen LogP contribution is -2.42. The molecule has 2 bridgehead atoms. The number of hydrogen-bond donors (Lipinski definition) is 0. The van der Waals surface area contributed by atoms with Gasteiger partial charge in [-0.25, -0.2) is 15.0 Å². The molecule has 0 radical (unpaired) electrons. The first-order chi connectivity index (χ1) is 24.0. The number of nitriles is 1. The maximum absolute atomic E-state index is 9.60. The molecule has 1 unspecified atom stereocenters. The zero-order valence-electron chi connectivity index (χ0n) is 28.2. The first-order valence-electron chi connectivity index (χ1n) is 17.6. The molecule has 49 heavy (non-hydrogen) atoms. The van der Waals surface area contributed by atoms with Crippen molar-refractivity contribution in [1.82, 2.24) is 15.0 Å². The van der Waals surface area contributed by atoms with Crippen molar-refractivity contribution in [3.05, 3.63) is 139 Å². The van der Waals surface area contributed by atoms with Crippen LogP contribution in [0.3, 0.4) is 0 Å². The van der Waals surface area contributed by atoms with Crippen molar-refractivity contribution in [2.75, 3.05) is 0 Å². The monoisotopic (exact) mass is 636 g/mol. The van der Waals surface area contributed by atoms with E-state index in [-0.39, 0.29) is 5.41 Å². The lowest BCUT2D eigenvalue weighted by atomic mass is 9.54. The summed E-state index contributed by atoms with van der Waals surface area (Å²) in [6.07, 6.45) is 6.62. The Hall–Kier alpha value is -5.40. The highest BCUT2D eigenvalue weighted by Crippen LogP contribution is 2.54. The van der Waals surface area contributed by atoms with Crippen LogP contribution < -0.4 is 0 Å². The predicted molar refractivity (Wildman–Crippen MR) is 198 cm³/mol. The summed E-state index contributed by atoms with van der Waals surface area (Å²) < 4.78 is 0. The highest BCUT2D eigenvalue weighted by Gasteiger charge is 2.45. The maximum Gasteiger partial charge on any atom is 0.164 e. The van der Waals surface area contributed by atoms with Crippen LogP contribution in [0.2, 0.25) is 0 Å². The number of fused-ring (bicyclic) bond motifs is 2. The molecule has 8 rings (SSSR count). The van der Waals surface area contributed by atoms with E-state index in [9.17, 15) is 5.26 Å². The topological polar surface area (TPSA) is 62.5 Å². The number of benzene rings is 5. The number of rotatable bonds is 6. The molecule has 2 fully saturated rings. The number of aromatic nitrogens is 3. The molecule has 1 aromatic heterocycles. The second-order valence-electron chi connectivity index (χ2n) is 14.5. The molecule has 6 aromatic rings. The highest BCUT2D eigenvalue weighted by molar-refractivity contribution is 5.90. The SMILES string of the molecule is C[C@@H]1C[C@@H]2C[C@H](C)CC(c3ccc(-c4nc(-c5ccccc5)nc(-c5ccccc5-c5ccccc5-c5cccc(C#N)c5)n4)cc3)(C1)C2. The van der Waals surface area contributed by atoms with E-state index in [1.165, 1.54) is 37.7 Å². The fourth-order valence-corrected chi connectivity index (χ4v) is 9.01. The van der Waals surface area contributed by atoms with Crippen molar-refractivity contribution in [3.63, 3.8) is 0 Å². The van der Waals surface area contributed by atoms with Crippen LogP contribution in [0.5, 0.6) is 0 Å². The second kappa shape index (κ2) is 12.9. The van der Waals surface area contributed by atoms with Gasteiger partial charge in [-0.2, -0.15) is 5.26 Å². The Bertz CT molecular complexity index is 2140. The van der Waals surface area contributed by atoms with Crippen LogP contribution in [0.4, 0.5) is 0 Å². The fraction of sp³-hybridized carbons (Fsp3) is 0.244. The summed E-state index contributed by atoms with van der Waals surface area (Å²) >= 11 is 0. The Kier molecular flexibility index (Phi) is 8.14. The molecule has 2 aliphatic rings. The smallest absolute Gasteiger partial charge is 0.164 e. The van der Waals surface area contributed by atoms with Crippen LogP contribution in [0.15, 0.2) is 127 Å². The van der Waals surface area contributed by atoms with Crippen molar-refractivity contribution in [2.24, 2.45) is 17.8 Å². The minimum atomic E-state index is 0.275. The van der Waals surface area contributed by atoms with Crippen LogP contribution in [-0.4, -0.2) is 15.0 Å². The van der Waals surface area contributed by atoms with Gasteiger partial charge in [0.25, 0.3) is 0 Å². The van der Waals surface area contributed by atoms with Gasteiger partial charge in [-0.1, -0.05) is 129 Å². The zero-order chi connectivity index (χ0) is 33.4. The Labute approximate surface area is 289 Å². The van der Waals surface area contributed by atoms with E-state index >= 15 is 0 Å². The molecular weight excluding hydrogens is 597 g/mol. The van der Waals surface area contributed by atoms with Crippen LogP contribution in [-0.2, 0) is 5.41 Å². The van der Waals surface area contributed by atoms with E-state index in [4.69, 9.17) is 15.0 Å². The van der Waals surface area contributed by atoms with Crippen LogP contribution >= 0.6 is 0 Å². The van der Waals surface area contributed by atoms with Gasteiger partial charge in [0.1, 0.15) is 0 Å². The largest absolute Gasteiger partial charge is 0.208 e. The van der Waals surface area contributed by atoms with Gasteiger partial charge in [0, 0.05) is 16.7 Å². The van der Waals surface area contributed by atoms with Gasteiger partial charge in [-0.3, -0.25) is 0 Å². The van der Waals surface area contributed by atoms with Gasteiger partial charge in [0.05, 0.1) is 11.6 Å². The van der Waals surface area contributed by atoms with Gasteiger partial charge in [-0.05, 0) is 95.2 Å². The third kappa shape index (κ3) is 6.07. The van der Waals surface area contributed by atoms with Crippen molar-refractivity contribution < 1.29 is 0 Å². The van der Waals surface area contributed by atoms with E-state index in [1.807, 2.05) is 48.5 Å². The zero-order valence-corrected chi connectivity index (χ0v) is 28.2. The van der Waals surface area contributed by atoms with Crippen molar-refractivity contribution in [2.45, 2.75) is 51.4 Å². The van der Waals surface area contributed by atoms with Crippen molar-refractivity contribution in [3.8, 4) is 62.5 Å². The number of hydrogen-bond acceptors (Lipinski definition) is 4. The molecule has 0 spiro atoms. The molecule has 2 aliphatic carbocycles. The lowest BCUT2D eigenvalue weighted by molar-refractivity contribution is 0.0780. The fourth-order valence-electron chi connectivity index (χ4n) is 9.01. The molecule has 4 heteroatoms. The molecule has 0 aliphatic heterocycles. The van der Waals surface area contributed by atoms with E-state index in [0.29, 0.717) is 23.0 Å². The summed E-state index contributed by atoms with van der Waals surface area (Å²) in [4.78, 5) is 15.3. The summed E-state index contributed by atoms with van der Waals surface area (Å²) in [6, 6.07) is 46.1. The van der Waals surface area contributed by atoms with E-state index in [1.54, 1.807) is 0 Å². The van der Waals surface area contributed by atoms with Crippen LogP contribution in [0, 0.1) is 29.1 Å². The third-order valence-corrected chi connectivity index (χ3v) is 10.7. The minimum absolute atomic E-state index is 0.275. The van der Waals surface area contributed by atoms with Gasteiger partial charge in [0.15, 0.2) is 17.5 Å². The molecule has 4 nitrogen and oxygen atoms in total. The normalized spacial score (nSPS) is 21.5. The van der Waals surface area contributed by atoms with E-state index in [0.717, 1.165) is 56.7 Å². The Morgan fingerprint density at radius 1 is 0.531 bits per heavy atom. The molecule has 4 atom stereocenters. The highest BCUT2D eigenvalue weighted by atomic mass is 15.0. The molecule has 1 heterocycles. The van der Waals surface area contributed by atoms with E-state index < -0.39 is 0 Å². The Balaban J connectivity index is 1.24. The standard InChI is InChI=1S/C45H40N4/c1-30-23-33-24-31(2)27-45(26-30,28-33)37-21-19-35(20-22-37)43-47-42(34-12-4-3-5-13-34)48-44(49-43)41-18-9-8-17-40(41)39-16-7-6-15-38(39)36-14-10-11-32(25-36)29-46/h3-22,25,30-31,33H,23-24,26-28H2,1-2H3/t30-,31+,33-,45?. The molecule has 0 amide bonds. The molecule has 2 saturated carbocycles. The van der Waals surface area contributed by atoms with Crippen LogP contribution in [0.1, 0.15) is 57.1 Å². The van der Waals surface area contributed by atoms with Crippen molar-refractivity contribution in [1.29, 1.82) is 5.26 Å². The van der Waals surface area contributed by atoms with Gasteiger partial charge < -0.3 is 0 Å². The average Bonchev–Trinajstić information content (AvgIpc) is 3.14. The van der Waals surface area contributed by atoms with Gasteiger partial charge >= 0.3 is 0 Å². The molecular formula is C45H40N4. The molecule has 240 valence electrons. The summed E-state index contributed by atoms with van der Waals surface area (Å²) in [5.74, 6) is 4.33. The van der Waals surface area contributed by atoms with Gasteiger partial charge in [0.2, 0.25) is 0 Å². The molecule has 0 saturated heterocycles. The lowest BCUT2D eigenvalue weighted by Gasteiger charge is -2.50. The molecule has 0 N–H and O–H groups in total. The average molecular weight is 637 g/mol. The number of nitrogens with zero attached hydrogens (tertiary/aromatic N) is 4. The predicted octanol–water partition coefficient (Wildman–Crippen LogP) is 11.2. The Morgan fingerprint density at radius 2 is 1.06 bits per heavy atom.